The van der Waals surface area contributed by atoms with Crippen molar-refractivity contribution in [3.8, 4) is 5.75 Å². The molecule has 0 radical (unpaired) electrons. The Labute approximate surface area is 200 Å². The molecule has 2 atom stereocenters. The van der Waals surface area contributed by atoms with Gasteiger partial charge < -0.3 is 15.4 Å². The molecule has 1 saturated heterocycles. The van der Waals surface area contributed by atoms with Crippen molar-refractivity contribution in [1.82, 2.24) is 4.31 Å². The standard InChI is InChI=1S/C25H31N3O5S/c1-15(2)18-7-9-20(10-8-18)26-25(30)19-6-5-11-28(14-19)34(31,32)23-13-22-21(12-16(23)3)27-24(29)17(4)33-22/h7-10,12-13,15,17,19H,5-6,11,14H2,1-4H3,(H,26,30)(H,27,29)/t17-,19+/m0/s1. The summed E-state index contributed by atoms with van der Waals surface area (Å²) in [6.45, 7) is 7.97. The average Bonchev–Trinajstić information content (AvgIpc) is 2.80. The Bertz CT molecular complexity index is 1210. The van der Waals surface area contributed by atoms with Crippen LogP contribution in [-0.2, 0) is 19.6 Å². The lowest BCUT2D eigenvalue weighted by Crippen LogP contribution is -2.44. The van der Waals surface area contributed by atoms with E-state index in [2.05, 4.69) is 24.5 Å². The fraction of sp³-hybridized carbons (Fsp3) is 0.440. The van der Waals surface area contributed by atoms with Gasteiger partial charge >= 0.3 is 0 Å². The van der Waals surface area contributed by atoms with E-state index in [0.29, 0.717) is 48.0 Å². The highest BCUT2D eigenvalue weighted by molar-refractivity contribution is 7.89. The summed E-state index contributed by atoms with van der Waals surface area (Å²) < 4.78 is 34.0. The van der Waals surface area contributed by atoms with Crippen molar-refractivity contribution in [1.29, 1.82) is 0 Å². The third kappa shape index (κ3) is 4.81. The first kappa shape index (κ1) is 24.2. The lowest BCUT2D eigenvalue weighted by molar-refractivity contribution is -0.123. The normalized spacial score (nSPS) is 20.9. The number of rotatable bonds is 5. The summed E-state index contributed by atoms with van der Waals surface area (Å²) >= 11 is 0. The quantitative estimate of drug-likeness (QED) is 0.669. The van der Waals surface area contributed by atoms with Crippen molar-refractivity contribution in [2.45, 2.75) is 57.5 Å². The Morgan fingerprint density at radius 2 is 1.91 bits per heavy atom. The topological polar surface area (TPSA) is 105 Å². The van der Waals surface area contributed by atoms with Crippen molar-refractivity contribution in [2.24, 2.45) is 5.92 Å². The van der Waals surface area contributed by atoms with Crippen LogP contribution in [0.3, 0.4) is 0 Å². The lowest BCUT2D eigenvalue weighted by Gasteiger charge is -2.32. The van der Waals surface area contributed by atoms with Gasteiger partial charge in [0.15, 0.2) is 6.10 Å². The number of nitrogens with one attached hydrogen (secondary N) is 2. The summed E-state index contributed by atoms with van der Waals surface area (Å²) in [5, 5.41) is 5.67. The Morgan fingerprint density at radius 1 is 1.21 bits per heavy atom. The zero-order chi connectivity index (χ0) is 24.6. The molecule has 0 bridgehead atoms. The van der Waals surface area contributed by atoms with Crippen LogP contribution >= 0.6 is 0 Å². The minimum Gasteiger partial charge on any atom is -0.479 e. The second kappa shape index (κ2) is 9.38. The molecule has 2 amide bonds. The Kier molecular flexibility index (Phi) is 6.69. The number of sulfonamides is 1. The molecule has 0 aliphatic carbocycles. The second-order valence-electron chi connectivity index (χ2n) is 9.33. The van der Waals surface area contributed by atoms with Gasteiger partial charge in [-0.15, -0.1) is 0 Å². The molecule has 9 heteroatoms. The van der Waals surface area contributed by atoms with E-state index in [1.165, 1.54) is 15.9 Å². The highest BCUT2D eigenvalue weighted by Crippen LogP contribution is 2.36. The van der Waals surface area contributed by atoms with Crippen LogP contribution in [0.2, 0.25) is 0 Å². The van der Waals surface area contributed by atoms with Crippen LogP contribution < -0.4 is 15.4 Å². The number of nitrogens with zero attached hydrogens (tertiary/aromatic N) is 1. The molecular formula is C25H31N3O5S. The van der Waals surface area contributed by atoms with Crippen LogP contribution in [0.15, 0.2) is 41.3 Å². The van der Waals surface area contributed by atoms with E-state index < -0.39 is 22.0 Å². The Hall–Kier alpha value is -2.91. The molecule has 2 aliphatic heterocycles. The van der Waals surface area contributed by atoms with E-state index in [1.54, 1.807) is 19.9 Å². The second-order valence-corrected chi connectivity index (χ2v) is 11.2. The number of hydrogen-bond acceptors (Lipinski definition) is 5. The van der Waals surface area contributed by atoms with Crippen LogP contribution in [0.25, 0.3) is 0 Å². The number of carbonyl (C=O) groups is 2. The molecule has 34 heavy (non-hydrogen) atoms. The van der Waals surface area contributed by atoms with E-state index in [0.717, 1.165) is 0 Å². The number of amides is 2. The summed E-state index contributed by atoms with van der Waals surface area (Å²) in [6.07, 6.45) is 0.512. The molecule has 0 spiro atoms. The molecule has 4 rings (SSSR count). The van der Waals surface area contributed by atoms with E-state index in [9.17, 15) is 18.0 Å². The molecule has 2 aromatic carbocycles. The number of fused-ring (bicyclic) bond motifs is 1. The van der Waals surface area contributed by atoms with E-state index in [4.69, 9.17) is 4.74 Å². The first-order valence-corrected chi connectivity index (χ1v) is 13.0. The molecule has 2 heterocycles. The smallest absolute Gasteiger partial charge is 0.265 e. The number of piperidine rings is 1. The van der Waals surface area contributed by atoms with Gasteiger partial charge in [-0.3, -0.25) is 9.59 Å². The highest BCUT2D eigenvalue weighted by Gasteiger charge is 2.35. The van der Waals surface area contributed by atoms with Gasteiger partial charge in [-0.2, -0.15) is 4.31 Å². The van der Waals surface area contributed by atoms with Crippen molar-refractivity contribution < 1.29 is 22.7 Å². The fourth-order valence-corrected chi connectivity index (χ4v) is 6.08. The maximum atomic E-state index is 13.5. The molecule has 0 aromatic heterocycles. The zero-order valence-corrected chi connectivity index (χ0v) is 20.7. The van der Waals surface area contributed by atoms with Crippen LogP contribution in [0, 0.1) is 12.8 Å². The highest BCUT2D eigenvalue weighted by atomic mass is 32.2. The summed E-state index contributed by atoms with van der Waals surface area (Å²) in [5.41, 5.74) is 2.85. The van der Waals surface area contributed by atoms with E-state index in [1.807, 2.05) is 24.3 Å². The molecule has 8 nitrogen and oxygen atoms in total. The predicted molar refractivity (Wildman–Crippen MR) is 131 cm³/mol. The summed E-state index contributed by atoms with van der Waals surface area (Å²) in [6, 6.07) is 10.8. The zero-order valence-electron chi connectivity index (χ0n) is 19.9. The van der Waals surface area contributed by atoms with Crippen LogP contribution in [0.1, 0.15) is 50.7 Å². The van der Waals surface area contributed by atoms with E-state index in [-0.39, 0.29) is 23.3 Å². The van der Waals surface area contributed by atoms with Gasteiger partial charge in [0, 0.05) is 24.8 Å². The number of benzene rings is 2. The average molecular weight is 486 g/mol. The summed E-state index contributed by atoms with van der Waals surface area (Å²) in [4.78, 5) is 24.9. The molecule has 0 saturated carbocycles. The fourth-order valence-electron chi connectivity index (χ4n) is 4.33. The van der Waals surface area contributed by atoms with Crippen LogP contribution in [0.5, 0.6) is 5.75 Å². The van der Waals surface area contributed by atoms with Crippen LogP contribution in [-0.4, -0.2) is 43.7 Å². The Morgan fingerprint density at radius 3 is 2.59 bits per heavy atom. The van der Waals surface area contributed by atoms with Gasteiger partial charge in [-0.05, 0) is 61.9 Å². The molecule has 2 N–H and O–H groups in total. The van der Waals surface area contributed by atoms with Gasteiger partial charge in [0.1, 0.15) is 5.75 Å². The third-order valence-corrected chi connectivity index (χ3v) is 8.43. The minimum absolute atomic E-state index is 0.114. The number of anilines is 2. The predicted octanol–water partition coefficient (Wildman–Crippen LogP) is 3.88. The minimum atomic E-state index is -3.85. The van der Waals surface area contributed by atoms with Crippen molar-refractivity contribution in [3.05, 3.63) is 47.5 Å². The van der Waals surface area contributed by atoms with Gasteiger partial charge in [-0.25, -0.2) is 8.42 Å². The maximum absolute atomic E-state index is 13.5. The van der Waals surface area contributed by atoms with Gasteiger partial charge in [0.25, 0.3) is 5.91 Å². The number of carbonyl (C=O) groups excluding carboxylic acids is 2. The molecule has 2 aliphatic rings. The Balaban J connectivity index is 1.50. The monoisotopic (exact) mass is 485 g/mol. The van der Waals surface area contributed by atoms with Crippen molar-refractivity contribution in [3.63, 3.8) is 0 Å². The molecular weight excluding hydrogens is 454 g/mol. The van der Waals surface area contributed by atoms with Crippen molar-refractivity contribution >= 4 is 33.2 Å². The summed E-state index contributed by atoms with van der Waals surface area (Å²) in [7, 11) is -3.85. The van der Waals surface area contributed by atoms with Gasteiger partial charge in [-0.1, -0.05) is 26.0 Å². The van der Waals surface area contributed by atoms with Gasteiger partial charge in [0.05, 0.1) is 16.5 Å². The first-order chi connectivity index (χ1) is 16.1. The van der Waals surface area contributed by atoms with Gasteiger partial charge in [0.2, 0.25) is 15.9 Å². The third-order valence-electron chi connectivity index (χ3n) is 6.43. The maximum Gasteiger partial charge on any atom is 0.265 e. The SMILES string of the molecule is Cc1cc2c(cc1S(=O)(=O)N1CCC[C@@H](C(=O)Nc3ccc(C(C)C)cc3)C1)O[C@@H](C)C(=O)N2. The lowest BCUT2D eigenvalue weighted by atomic mass is 9.98. The van der Waals surface area contributed by atoms with E-state index >= 15 is 0 Å². The number of aryl methyl sites for hydroxylation is 1. The number of hydrogen-bond donors (Lipinski definition) is 2. The summed E-state index contributed by atoms with van der Waals surface area (Å²) in [5.74, 6) is -0.168. The molecule has 1 fully saturated rings. The molecule has 0 unspecified atom stereocenters. The molecule has 2 aromatic rings. The number of ether oxygens (including phenoxy) is 1. The first-order valence-electron chi connectivity index (χ1n) is 11.6. The molecule has 182 valence electrons. The van der Waals surface area contributed by atoms with Crippen molar-refractivity contribution in [2.75, 3.05) is 23.7 Å². The largest absolute Gasteiger partial charge is 0.479 e. The van der Waals surface area contributed by atoms with Crippen LogP contribution in [0.4, 0.5) is 11.4 Å².